The summed E-state index contributed by atoms with van der Waals surface area (Å²) < 4.78 is 20.5. The van der Waals surface area contributed by atoms with Gasteiger partial charge in [-0.2, -0.15) is 0 Å². The fraction of sp³-hybridized carbons (Fsp3) is 0.318. The van der Waals surface area contributed by atoms with Crippen molar-refractivity contribution in [1.82, 2.24) is 15.3 Å². The molecule has 0 spiro atoms. The van der Waals surface area contributed by atoms with E-state index in [-0.39, 0.29) is 11.8 Å². The second kappa shape index (κ2) is 7.44. The zero-order chi connectivity index (χ0) is 20.7. The summed E-state index contributed by atoms with van der Waals surface area (Å²) in [6, 6.07) is 4.69. The molecule has 7 nitrogen and oxygen atoms in total. The highest BCUT2D eigenvalue weighted by molar-refractivity contribution is 5.93. The maximum Gasteiger partial charge on any atom is 0.320 e. The lowest BCUT2D eigenvalue weighted by molar-refractivity contribution is 0.251. The molecule has 0 saturated heterocycles. The van der Waals surface area contributed by atoms with Crippen LogP contribution in [0.4, 0.5) is 20.7 Å². The zero-order valence-electron chi connectivity index (χ0n) is 16.6. The van der Waals surface area contributed by atoms with Crippen LogP contribution in [0.3, 0.4) is 0 Å². The molecule has 3 N–H and O–H groups in total. The van der Waals surface area contributed by atoms with Crippen molar-refractivity contribution >= 4 is 28.3 Å². The number of fused-ring (bicyclic) bond motifs is 2. The summed E-state index contributed by atoms with van der Waals surface area (Å²) >= 11 is 0. The fourth-order valence-electron chi connectivity index (χ4n) is 3.65. The summed E-state index contributed by atoms with van der Waals surface area (Å²) in [6.07, 6.45) is 5.53. The van der Waals surface area contributed by atoms with Crippen molar-refractivity contribution in [3.63, 3.8) is 0 Å². The maximum atomic E-state index is 14.9. The molecule has 2 amide bonds. The molecule has 2 aliphatic rings. The first-order chi connectivity index (χ1) is 14.6. The molecule has 2 aromatic heterocycles. The molecule has 0 bridgehead atoms. The van der Waals surface area contributed by atoms with E-state index in [1.54, 1.807) is 24.5 Å². The minimum atomic E-state index is -0.353. The first-order valence-corrected chi connectivity index (χ1v) is 10.1. The van der Waals surface area contributed by atoms with Crippen LogP contribution in [-0.2, 0) is 0 Å². The summed E-state index contributed by atoms with van der Waals surface area (Å²) in [6.45, 7) is 3.84. The summed E-state index contributed by atoms with van der Waals surface area (Å²) in [5.41, 5.74) is 2.81. The van der Waals surface area contributed by atoms with E-state index in [0.717, 1.165) is 16.6 Å². The van der Waals surface area contributed by atoms with Gasteiger partial charge in [-0.15, -0.1) is 0 Å². The number of anilines is 2. The minimum absolute atomic E-state index is 0.281. The lowest BCUT2D eigenvalue weighted by atomic mass is 9.98. The third kappa shape index (κ3) is 3.60. The largest absolute Gasteiger partial charge is 0.474 e. The lowest BCUT2D eigenvalue weighted by Gasteiger charge is -2.21. The number of rotatable bonds is 4. The van der Waals surface area contributed by atoms with Gasteiger partial charge in [0.05, 0.1) is 0 Å². The van der Waals surface area contributed by atoms with E-state index in [9.17, 15) is 9.18 Å². The summed E-state index contributed by atoms with van der Waals surface area (Å²) in [4.78, 5) is 20.6. The van der Waals surface area contributed by atoms with Gasteiger partial charge in [0.1, 0.15) is 23.9 Å². The van der Waals surface area contributed by atoms with Crippen LogP contribution in [0.5, 0.6) is 5.88 Å². The molecule has 0 radical (unpaired) electrons. The van der Waals surface area contributed by atoms with E-state index >= 15 is 0 Å². The molecule has 154 valence electrons. The number of ether oxygens (including phenoxy) is 1. The number of hydrogen-bond donors (Lipinski definition) is 3. The lowest BCUT2D eigenvalue weighted by Crippen LogP contribution is -2.30. The minimum Gasteiger partial charge on any atom is -0.474 e. The van der Waals surface area contributed by atoms with E-state index in [4.69, 9.17) is 4.74 Å². The molecule has 1 fully saturated rings. The van der Waals surface area contributed by atoms with E-state index in [0.29, 0.717) is 53.8 Å². The van der Waals surface area contributed by atoms with Crippen molar-refractivity contribution in [2.45, 2.75) is 19.8 Å². The Morgan fingerprint density at radius 3 is 2.90 bits per heavy atom. The van der Waals surface area contributed by atoms with Gasteiger partial charge in [0.25, 0.3) is 0 Å². The Morgan fingerprint density at radius 2 is 2.07 bits per heavy atom. The van der Waals surface area contributed by atoms with Crippen molar-refractivity contribution in [1.29, 1.82) is 0 Å². The van der Waals surface area contributed by atoms with Crippen LogP contribution in [0, 0.1) is 18.7 Å². The van der Waals surface area contributed by atoms with E-state index in [1.165, 1.54) is 18.9 Å². The molecule has 30 heavy (non-hydrogen) atoms. The molecule has 8 heteroatoms. The Bertz CT molecular complexity index is 1150. The molecule has 1 saturated carbocycles. The number of carbonyl (C=O) groups excluding carboxylic acids is 1. The van der Waals surface area contributed by atoms with E-state index < -0.39 is 0 Å². The average Bonchev–Trinajstić information content (AvgIpc) is 3.57. The monoisotopic (exact) mass is 407 g/mol. The molecular weight excluding hydrogens is 385 g/mol. The van der Waals surface area contributed by atoms with Crippen molar-refractivity contribution in [3.8, 4) is 17.0 Å². The highest BCUT2D eigenvalue weighted by Crippen LogP contribution is 2.37. The molecule has 5 rings (SSSR count). The van der Waals surface area contributed by atoms with E-state index in [1.807, 2.05) is 6.92 Å². The van der Waals surface area contributed by atoms with Crippen molar-refractivity contribution in [2.24, 2.45) is 5.92 Å². The molecule has 1 aliphatic carbocycles. The van der Waals surface area contributed by atoms with Crippen LogP contribution >= 0.6 is 0 Å². The standard InChI is InChI=1S/C22H22FN5O2/c1-12-17(11-26-21-20(12)24-4-5-30-21)16-6-14-8-19(25-10-15(14)7-18(16)23)28-22(29)27-9-13-2-3-13/h6-8,10-11,13,24H,2-5,9H2,1H3,(H2,25,27,28,29). The quantitative estimate of drug-likeness (QED) is 0.607. The zero-order valence-corrected chi connectivity index (χ0v) is 16.6. The number of amides is 2. The van der Waals surface area contributed by atoms with Crippen LogP contribution in [0.25, 0.3) is 21.9 Å². The van der Waals surface area contributed by atoms with Gasteiger partial charge in [-0.1, -0.05) is 0 Å². The number of halogens is 1. The highest BCUT2D eigenvalue weighted by Gasteiger charge is 2.22. The Balaban J connectivity index is 1.47. The first kappa shape index (κ1) is 18.6. The predicted octanol–water partition coefficient (Wildman–Crippen LogP) is 4.08. The van der Waals surface area contributed by atoms with Crippen LogP contribution in [0.2, 0.25) is 0 Å². The SMILES string of the molecule is Cc1c(-c2cc3cc(NC(=O)NCC4CC4)ncc3cc2F)cnc2c1NCCO2. The number of carbonyl (C=O) groups is 1. The molecule has 0 atom stereocenters. The van der Waals surface area contributed by atoms with Gasteiger partial charge in [-0.3, -0.25) is 5.32 Å². The Kier molecular flexibility index (Phi) is 4.61. The van der Waals surface area contributed by atoms with Crippen LogP contribution in [0.1, 0.15) is 18.4 Å². The van der Waals surface area contributed by atoms with Gasteiger partial charge in [0.2, 0.25) is 5.88 Å². The summed E-state index contributed by atoms with van der Waals surface area (Å²) in [5, 5.41) is 10.3. The van der Waals surface area contributed by atoms with Gasteiger partial charge in [-0.25, -0.2) is 19.2 Å². The van der Waals surface area contributed by atoms with Gasteiger partial charge in [-0.05, 0) is 54.8 Å². The Hall–Kier alpha value is -3.42. The number of pyridine rings is 2. The predicted molar refractivity (Wildman–Crippen MR) is 113 cm³/mol. The molecular formula is C22H22FN5O2. The molecule has 0 unspecified atom stereocenters. The number of nitrogens with one attached hydrogen (secondary N) is 3. The van der Waals surface area contributed by atoms with Crippen molar-refractivity contribution in [2.75, 3.05) is 30.3 Å². The van der Waals surface area contributed by atoms with Gasteiger partial charge in [0.15, 0.2) is 0 Å². The number of benzene rings is 1. The second-order valence-electron chi connectivity index (χ2n) is 7.78. The smallest absolute Gasteiger partial charge is 0.320 e. The highest BCUT2D eigenvalue weighted by atomic mass is 19.1. The van der Waals surface area contributed by atoms with E-state index in [2.05, 4.69) is 25.9 Å². The van der Waals surface area contributed by atoms with Crippen molar-refractivity contribution in [3.05, 3.63) is 42.0 Å². The maximum absolute atomic E-state index is 14.9. The van der Waals surface area contributed by atoms with Gasteiger partial charge < -0.3 is 15.4 Å². The Morgan fingerprint density at radius 1 is 1.20 bits per heavy atom. The number of aromatic nitrogens is 2. The normalized spacial score (nSPS) is 15.1. The third-order valence-corrected chi connectivity index (χ3v) is 5.53. The fourth-order valence-corrected chi connectivity index (χ4v) is 3.65. The summed E-state index contributed by atoms with van der Waals surface area (Å²) in [5.74, 6) is 1.20. The van der Waals surface area contributed by atoms with Crippen LogP contribution < -0.4 is 20.7 Å². The molecule has 1 aromatic carbocycles. The number of urea groups is 1. The molecule has 1 aliphatic heterocycles. The average molecular weight is 407 g/mol. The van der Waals surface area contributed by atoms with Crippen LogP contribution in [0.15, 0.2) is 30.6 Å². The third-order valence-electron chi connectivity index (χ3n) is 5.53. The molecule has 3 aromatic rings. The first-order valence-electron chi connectivity index (χ1n) is 10.1. The molecule has 3 heterocycles. The van der Waals surface area contributed by atoms with Crippen LogP contribution in [-0.4, -0.2) is 35.7 Å². The number of hydrogen-bond acceptors (Lipinski definition) is 5. The number of nitrogens with zero attached hydrogens (tertiary/aromatic N) is 2. The van der Waals surface area contributed by atoms with Gasteiger partial charge >= 0.3 is 6.03 Å². The Labute approximate surface area is 173 Å². The van der Waals surface area contributed by atoms with Gasteiger partial charge in [0, 0.05) is 42.0 Å². The van der Waals surface area contributed by atoms with Crippen molar-refractivity contribution < 1.29 is 13.9 Å². The topological polar surface area (TPSA) is 88.2 Å². The second-order valence-corrected chi connectivity index (χ2v) is 7.78. The summed E-state index contributed by atoms with van der Waals surface area (Å²) in [7, 11) is 0.